The Morgan fingerprint density at radius 3 is 2.50 bits per heavy atom. The summed E-state index contributed by atoms with van der Waals surface area (Å²) in [6.07, 6.45) is 0. The number of hydrogen-bond acceptors (Lipinski definition) is 1. The van der Waals surface area contributed by atoms with Crippen molar-refractivity contribution in [1.29, 1.82) is 0 Å². The topological polar surface area (TPSA) is 42.2 Å². The Morgan fingerprint density at radius 1 is 1.31 bits per heavy atom. The molecule has 1 heterocycles. The van der Waals surface area contributed by atoms with Crippen molar-refractivity contribution in [3.63, 3.8) is 0 Å². The fraction of sp³-hybridized carbons (Fsp3) is 0.308. The highest BCUT2D eigenvalue weighted by Crippen LogP contribution is 2.30. The van der Waals surface area contributed by atoms with Gasteiger partial charge in [-0.1, -0.05) is 32.0 Å². The van der Waals surface area contributed by atoms with Crippen LogP contribution in [0.15, 0.2) is 24.3 Å². The smallest absolute Gasteiger partial charge is 0.338 e. The van der Waals surface area contributed by atoms with Crippen molar-refractivity contribution in [1.82, 2.24) is 4.57 Å². The van der Waals surface area contributed by atoms with Gasteiger partial charge in [-0.25, -0.2) is 4.79 Å². The first-order chi connectivity index (χ1) is 7.54. The third-order valence-electron chi connectivity index (χ3n) is 2.91. The van der Waals surface area contributed by atoms with E-state index in [4.69, 9.17) is 0 Å². The Kier molecular flexibility index (Phi) is 2.46. The number of carbonyl (C=O) groups is 1. The molecule has 0 atom stereocenters. The lowest BCUT2D eigenvalue weighted by atomic mass is 10.0. The van der Waals surface area contributed by atoms with E-state index in [0.717, 1.165) is 16.6 Å². The first kappa shape index (κ1) is 10.7. The molecule has 0 amide bonds. The number of aryl methyl sites for hydroxylation is 1. The van der Waals surface area contributed by atoms with E-state index >= 15 is 0 Å². The third-order valence-corrected chi connectivity index (χ3v) is 2.91. The summed E-state index contributed by atoms with van der Waals surface area (Å²) in [5.74, 6) is -0.649. The van der Waals surface area contributed by atoms with E-state index in [1.165, 1.54) is 0 Å². The number of nitrogens with zero attached hydrogens (tertiary/aromatic N) is 1. The van der Waals surface area contributed by atoms with Crippen LogP contribution >= 0.6 is 0 Å². The predicted molar refractivity (Wildman–Crippen MR) is 64.0 cm³/mol. The number of aromatic nitrogens is 1. The van der Waals surface area contributed by atoms with Gasteiger partial charge in [-0.15, -0.1) is 0 Å². The van der Waals surface area contributed by atoms with E-state index in [2.05, 4.69) is 0 Å². The fourth-order valence-corrected chi connectivity index (χ4v) is 2.31. The Balaban J connectivity index is 2.92. The number of carboxylic acids is 1. The Hall–Kier alpha value is -1.77. The Labute approximate surface area is 94.3 Å². The molecule has 0 saturated carbocycles. The quantitative estimate of drug-likeness (QED) is 0.840. The second kappa shape index (κ2) is 3.67. The molecule has 3 nitrogen and oxygen atoms in total. The van der Waals surface area contributed by atoms with Crippen LogP contribution in [0.4, 0.5) is 0 Å². The van der Waals surface area contributed by atoms with Gasteiger partial charge in [0.15, 0.2) is 0 Å². The summed E-state index contributed by atoms with van der Waals surface area (Å²) in [6.45, 7) is 4.03. The largest absolute Gasteiger partial charge is 0.478 e. The molecule has 0 radical (unpaired) electrons. The zero-order valence-corrected chi connectivity index (χ0v) is 9.69. The van der Waals surface area contributed by atoms with Crippen LogP contribution in [0.3, 0.4) is 0 Å². The molecule has 0 aliphatic heterocycles. The minimum Gasteiger partial charge on any atom is -0.478 e. The maximum Gasteiger partial charge on any atom is 0.338 e. The summed E-state index contributed by atoms with van der Waals surface area (Å²) >= 11 is 0. The van der Waals surface area contributed by atoms with Gasteiger partial charge in [-0.3, -0.25) is 0 Å². The van der Waals surface area contributed by atoms with Crippen molar-refractivity contribution in [2.45, 2.75) is 19.8 Å². The van der Waals surface area contributed by atoms with Crippen LogP contribution < -0.4 is 0 Å². The number of carboxylic acid groups (broad SMARTS) is 1. The van der Waals surface area contributed by atoms with Crippen molar-refractivity contribution in [2.75, 3.05) is 0 Å². The second-order valence-electron chi connectivity index (χ2n) is 4.30. The van der Waals surface area contributed by atoms with Gasteiger partial charge in [0.25, 0.3) is 0 Å². The van der Waals surface area contributed by atoms with E-state index in [-0.39, 0.29) is 5.92 Å². The molecule has 2 rings (SSSR count). The van der Waals surface area contributed by atoms with Gasteiger partial charge in [0.2, 0.25) is 0 Å². The van der Waals surface area contributed by atoms with E-state index < -0.39 is 5.97 Å². The Morgan fingerprint density at radius 2 is 1.94 bits per heavy atom. The average molecular weight is 217 g/mol. The van der Waals surface area contributed by atoms with Crippen molar-refractivity contribution >= 4 is 16.9 Å². The van der Waals surface area contributed by atoms with Gasteiger partial charge in [0, 0.05) is 23.6 Å². The van der Waals surface area contributed by atoms with Crippen molar-refractivity contribution in [3.8, 4) is 0 Å². The molecular formula is C13H15NO2. The number of rotatable bonds is 2. The van der Waals surface area contributed by atoms with Crippen LogP contribution in [0.1, 0.15) is 35.8 Å². The van der Waals surface area contributed by atoms with Gasteiger partial charge in [0.05, 0.1) is 5.56 Å². The molecule has 3 heteroatoms. The van der Waals surface area contributed by atoms with Crippen molar-refractivity contribution in [2.24, 2.45) is 7.05 Å². The standard InChI is InChI=1S/C13H15NO2/c1-8(2)12-11(13(15)16)9-6-4-5-7-10(9)14(12)3/h4-8H,1-3H3,(H,15,16). The lowest BCUT2D eigenvalue weighted by Gasteiger charge is -2.08. The van der Waals surface area contributed by atoms with Crippen LogP contribution in [0, 0.1) is 0 Å². The van der Waals surface area contributed by atoms with Crippen LogP contribution in [0.25, 0.3) is 10.9 Å². The molecule has 84 valence electrons. The highest BCUT2D eigenvalue weighted by atomic mass is 16.4. The first-order valence-corrected chi connectivity index (χ1v) is 5.34. The zero-order chi connectivity index (χ0) is 11.9. The minimum atomic E-state index is -0.847. The SMILES string of the molecule is CC(C)c1c(C(=O)O)c2ccccc2n1C. The molecule has 1 aromatic carbocycles. The molecule has 0 bridgehead atoms. The summed E-state index contributed by atoms with van der Waals surface area (Å²) in [7, 11) is 1.92. The zero-order valence-electron chi connectivity index (χ0n) is 9.69. The third kappa shape index (κ3) is 1.40. The van der Waals surface area contributed by atoms with E-state index in [0.29, 0.717) is 5.56 Å². The molecular weight excluding hydrogens is 202 g/mol. The molecule has 0 aliphatic carbocycles. The molecule has 0 spiro atoms. The number of para-hydroxylation sites is 1. The number of aromatic carboxylic acids is 1. The lowest BCUT2D eigenvalue weighted by Crippen LogP contribution is -2.05. The minimum absolute atomic E-state index is 0.198. The lowest BCUT2D eigenvalue weighted by molar-refractivity contribution is 0.0697. The first-order valence-electron chi connectivity index (χ1n) is 5.34. The highest BCUT2D eigenvalue weighted by Gasteiger charge is 2.21. The Bertz CT molecular complexity index is 552. The summed E-state index contributed by atoms with van der Waals surface area (Å²) in [5, 5.41) is 10.1. The summed E-state index contributed by atoms with van der Waals surface area (Å²) in [4.78, 5) is 11.3. The molecule has 1 N–H and O–H groups in total. The van der Waals surface area contributed by atoms with Gasteiger partial charge in [-0.2, -0.15) is 0 Å². The van der Waals surface area contributed by atoms with Gasteiger partial charge < -0.3 is 9.67 Å². The van der Waals surface area contributed by atoms with Gasteiger partial charge in [0.1, 0.15) is 0 Å². The van der Waals surface area contributed by atoms with E-state index in [9.17, 15) is 9.90 Å². The maximum atomic E-state index is 11.3. The molecule has 0 unspecified atom stereocenters. The molecule has 0 fully saturated rings. The van der Waals surface area contributed by atoms with E-state index in [1.807, 2.05) is 49.7 Å². The summed E-state index contributed by atoms with van der Waals surface area (Å²) in [5.41, 5.74) is 2.30. The van der Waals surface area contributed by atoms with Crippen LogP contribution in [0.5, 0.6) is 0 Å². The number of benzene rings is 1. The molecule has 0 aliphatic rings. The predicted octanol–water partition coefficient (Wildman–Crippen LogP) is 3.00. The monoisotopic (exact) mass is 217 g/mol. The summed E-state index contributed by atoms with van der Waals surface area (Å²) < 4.78 is 1.98. The van der Waals surface area contributed by atoms with Crippen molar-refractivity contribution < 1.29 is 9.90 Å². The van der Waals surface area contributed by atoms with Crippen LogP contribution in [-0.2, 0) is 7.05 Å². The molecule has 1 aromatic heterocycles. The fourth-order valence-electron chi connectivity index (χ4n) is 2.31. The average Bonchev–Trinajstić information content (AvgIpc) is 2.53. The van der Waals surface area contributed by atoms with Gasteiger partial charge >= 0.3 is 5.97 Å². The van der Waals surface area contributed by atoms with Crippen LogP contribution in [-0.4, -0.2) is 15.6 Å². The summed E-state index contributed by atoms with van der Waals surface area (Å²) in [6, 6.07) is 7.62. The highest BCUT2D eigenvalue weighted by molar-refractivity contribution is 6.05. The molecule has 2 aromatic rings. The molecule has 0 saturated heterocycles. The van der Waals surface area contributed by atoms with E-state index in [1.54, 1.807) is 0 Å². The van der Waals surface area contributed by atoms with Gasteiger partial charge in [-0.05, 0) is 12.0 Å². The van der Waals surface area contributed by atoms with Crippen LogP contribution in [0.2, 0.25) is 0 Å². The second-order valence-corrected chi connectivity index (χ2v) is 4.30. The maximum absolute atomic E-state index is 11.3. The van der Waals surface area contributed by atoms with Crippen molar-refractivity contribution in [3.05, 3.63) is 35.5 Å². The number of hydrogen-bond donors (Lipinski definition) is 1. The normalized spacial score (nSPS) is 11.2. The molecule has 16 heavy (non-hydrogen) atoms. The number of fused-ring (bicyclic) bond motifs is 1.